The first kappa shape index (κ1) is 21.4. The first-order valence-corrected chi connectivity index (χ1v) is 11.9. The van der Waals surface area contributed by atoms with Crippen molar-refractivity contribution in [2.75, 3.05) is 6.54 Å². The summed E-state index contributed by atoms with van der Waals surface area (Å²) in [6.45, 7) is 8.37. The maximum atomic E-state index is 12.7. The molecule has 5 nitrogen and oxygen atoms in total. The quantitative estimate of drug-likeness (QED) is 0.611. The molecule has 1 N–H and O–H groups in total. The van der Waals surface area contributed by atoms with Crippen LogP contribution in [0, 0.1) is 0 Å². The van der Waals surface area contributed by atoms with E-state index >= 15 is 0 Å². The normalized spacial score (nSPS) is 18.2. The number of nitrogens with one attached hydrogen (secondary N) is 1. The van der Waals surface area contributed by atoms with E-state index in [-0.39, 0.29) is 11.7 Å². The molecule has 0 aromatic heterocycles. The molecule has 0 atom stereocenters. The van der Waals surface area contributed by atoms with Gasteiger partial charge in [-0.1, -0.05) is 37.8 Å². The molecule has 1 amide bonds. The number of sulfonamides is 1. The third kappa shape index (κ3) is 5.60. The predicted octanol–water partition coefficient (Wildman–Crippen LogP) is 4.36. The molecule has 0 bridgehead atoms. The molecule has 1 fully saturated rings. The molecule has 0 spiro atoms. The fourth-order valence-corrected chi connectivity index (χ4v) is 4.87. The summed E-state index contributed by atoms with van der Waals surface area (Å²) in [6, 6.07) is 7.85. The fourth-order valence-electron chi connectivity index (χ4n) is 3.67. The summed E-state index contributed by atoms with van der Waals surface area (Å²) in [4.78, 5) is 13.9. The Morgan fingerprint density at radius 3 is 2.52 bits per heavy atom. The Kier molecular flexibility index (Phi) is 6.63. The van der Waals surface area contributed by atoms with Crippen molar-refractivity contribution in [1.82, 2.24) is 9.62 Å². The van der Waals surface area contributed by atoms with Gasteiger partial charge in [0.1, 0.15) is 0 Å². The van der Waals surface area contributed by atoms with E-state index in [1.54, 1.807) is 11.0 Å². The van der Waals surface area contributed by atoms with Gasteiger partial charge in [0.2, 0.25) is 15.9 Å². The SMILES string of the molecule is C=C/C(=C\C1=C(C)N(CCC)C(=O)CC1)NS(=O)(=O)Cc1ccc(C2CC2)cc1. The molecule has 3 rings (SSSR count). The van der Waals surface area contributed by atoms with Crippen molar-refractivity contribution in [3.8, 4) is 0 Å². The molecular formula is C23H30N2O3S. The average molecular weight is 415 g/mol. The lowest BCUT2D eigenvalue weighted by Gasteiger charge is -2.29. The first-order chi connectivity index (χ1) is 13.8. The van der Waals surface area contributed by atoms with E-state index in [4.69, 9.17) is 0 Å². The van der Waals surface area contributed by atoms with Crippen LogP contribution in [0.25, 0.3) is 0 Å². The molecule has 6 heteroatoms. The van der Waals surface area contributed by atoms with Crippen molar-refractivity contribution in [1.29, 1.82) is 0 Å². The highest BCUT2D eigenvalue weighted by atomic mass is 32.2. The third-order valence-electron chi connectivity index (χ3n) is 5.43. The second-order valence-electron chi connectivity index (χ2n) is 7.84. The van der Waals surface area contributed by atoms with Crippen LogP contribution in [0.15, 0.2) is 60.0 Å². The Balaban J connectivity index is 1.73. The van der Waals surface area contributed by atoms with Crippen molar-refractivity contribution >= 4 is 15.9 Å². The van der Waals surface area contributed by atoms with Crippen LogP contribution >= 0.6 is 0 Å². The molecule has 1 aromatic rings. The highest BCUT2D eigenvalue weighted by Gasteiger charge is 2.24. The number of nitrogens with zero attached hydrogens (tertiary/aromatic N) is 1. The van der Waals surface area contributed by atoms with Gasteiger partial charge in [-0.25, -0.2) is 8.42 Å². The summed E-state index contributed by atoms with van der Waals surface area (Å²) in [6.07, 6.45) is 7.67. The number of hydrogen-bond donors (Lipinski definition) is 1. The molecule has 29 heavy (non-hydrogen) atoms. The Bertz CT molecular complexity index is 939. The average Bonchev–Trinajstić information content (AvgIpc) is 3.52. The molecule has 1 aliphatic carbocycles. The van der Waals surface area contributed by atoms with Gasteiger partial charge in [0, 0.05) is 24.4 Å². The molecule has 1 saturated carbocycles. The number of allylic oxidation sites excluding steroid dienone is 4. The number of rotatable bonds is 9. The maximum Gasteiger partial charge on any atom is 0.236 e. The van der Waals surface area contributed by atoms with Crippen molar-refractivity contribution in [3.63, 3.8) is 0 Å². The third-order valence-corrected chi connectivity index (χ3v) is 6.69. The minimum Gasteiger partial charge on any atom is -0.316 e. The number of amides is 1. The Morgan fingerprint density at radius 1 is 1.24 bits per heavy atom. The lowest BCUT2D eigenvalue weighted by atomic mass is 10.0. The van der Waals surface area contributed by atoms with Crippen LogP contribution in [-0.4, -0.2) is 25.8 Å². The van der Waals surface area contributed by atoms with Crippen molar-refractivity contribution in [3.05, 3.63) is 71.1 Å². The molecule has 2 aliphatic rings. The second-order valence-corrected chi connectivity index (χ2v) is 9.56. The van der Waals surface area contributed by atoms with Crippen LogP contribution in [0.4, 0.5) is 0 Å². The van der Waals surface area contributed by atoms with E-state index in [1.165, 1.54) is 24.5 Å². The summed E-state index contributed by atoms with van der Waals surface area (Å²) >= 11 is 0. The zero-order valence-corrected chi connectivity index (χ0v) is 18.1. The highest BCUT2D eigenvalue weighted by molar-refractivity contribution is 7.88. The predicted molar refractivity (Wildman–Crippen MR) is 116 cm³/mol. The summed E-state index contributed by atoms with van der Waals surface area (Å²) in [5, 5.41) is 0. The molecule has 1 heterocycles. The Hall–Kier alpha value is -2.34. The van der Waals surface area contributed by atoms with Crippen LogP contribution in [0.1, 0.15) is 63.0 Å². The second kappa shape index (κ2) is 8.99. The van der Waals surface area contributed by atoms with Crippen LogP contribution in [-0.2, 0) is 20.6 Å². The van der Waals surface area contributed by atoms with Crippen molar-refractivity contribution in [2.24, 2.45) is 0 Å². The molecule has 0 radical (unpaired) electrons. The zero-order chi connectivity index (χ0) is 21.0. The molecule has 0 unspecified atom stereocenters. The van der Waals surface area contributed by atoms with Gasteiger partial charge in [0.15, 0.2) is 0 Å². The van der Waals surface area contributed by atoms with Gasteiger partial charge in [0.25, 0.3) is 0 Å². The van der Waals surface area contributed by atoms with Gasteiger partial charge >= 0.3 is 0 Å². The highest BCUT2D eigenvalue weighted by Crippen LogP contribution is 2.39. The monoisotopic (exact) mass is 414 g/mol. The van der Waals surface area contributed by atoms with E-state index < -0.39 is 10.0 Å². The van der Waals surface area contributed by atoms with Gasteiger partial charge in [-0.2, -0.15) is 0 Å². The lowest BCUT2D eigenvalue weighted by molar-refractivity contribution is -0.130. The molecule has 1 aromatic carbocycles. The van der Waals surface area contributed by atoms with Crippen LogP contribution in [0.5, 0.6) is 0 Å². The largest absolute Gasteiger partial charge is 0.316 e. The zero-order valence-electron chi connectivity index (χ0n) is 17.3. The minimum atomic E-state index is -3.56. The van der Waals surface area contributed by atoms with Gasteiger partial charge in [0.05, 0.1) is 5.75 Å². The molecule has 1 aliphatic heterocycles. The first-order valence-electron chi connectivity index (χ1n) is 10.3. The number of benzene rings is 1. The van der Waals surface area contributed by atoms with Crippen molar-refractivity contribution < 1.29 is 13.2 Å². The summed E-state index contributed by atoms with van der Waals surface area (Å²) in [5.41, 5.74) is 4.33. The molecular weight excluding hydrogens is 384 g/mol. The number of carbonyl (C=O) groups is 1. The van der Waals surface area contributed by atoms with E-state index in [9.17, 15) is 13.2 Å². The fraction of sp³-hybridized carbons (Fsp3) is 0.435. The van der Waals surface area contributed by atoms with Crippen LogP contribution in [0.3, 0.4) is 0 Å². The number of carbonyl (C=O) groups excluding carboxylic acids is 1. The Morgan fingerprint density at radius 2 is 1.93 bits per heavy atom. The minimum absolute atomic E-state index is 0.0817. The lowest BCUT2D eigenvalue weighted by Crippen LogP contribution is -2.34. The summed E-state index contributed by atoms with van der Waals surface area (Å²) in [5.74, 6) is 0.693. The standard InChI is InChI=1S/C23H30N2O3S/c1-4-14-25-17(3)21(12-13-23(25)26)15-22(5-2)24-29(27,28)16-18-6-8-19(9-7-18)20-10-11-20/h5-9,15,20,24H,2,4,10-14,16H2,1,3H3/b22-15+. The van der Waals surface area contributed by atoms with Gasteiger partial charge in [-0.05, 0) is 67.4 Å². The van der Waals surface area contributed by atoms with Crippen LogP contribution < -0.4 is 4.72 Å². The van der Waals surface area contributed by atoms with Crippen molar-refractivity contribution in [2.45, 2.75) is 57.6 Å². The Labute approximate surface area is 174 Å². The van der Waals surface area contributed by atoms with Gasteiger partial charge < -0.3 is 4.90 Å². The van der Waals surface area contributed by atoms with Gasteiger partial charge in [-0.15, -0.1) is 0 Å². The summed E-state index contributed by atoms with van der Waals surface area (Å²) < 4.78 is 28.0. The van der Waals surface area contributed by atoms with E-state index in [0.29, 0.717) is 31.0 Å². The summed E-state index contributed by atoms with van der Waals surface area (Å²) in [7, 11) is -3.56. The van der Waals surface area contributed by atoms with Crippen LogP contribution in [0.2, 0.25) is 0 Å². The van der Waals surface area contributed by atoms with E-state index in [1.807, 2.05) is 38.1 Å². The molecule has 156 valence electrons. The van der Waals surface area contributed by atoms with Gasteiger partial charge in [-0.3, -0.25) is 9.52 Å². The van der Waals surface area contributed by atoms with E-state index in [2.05, 4.69) is 11.3 Å². The topological polar surface area (TPSA) is 66.5 Å². The van der Waals surface area contributed by atoms with E-state index in [0.717, 1.165) is 23.3 Å². The smallest absolute Gasteiger partial charge is 0.236 e. The molecule has 0 saturated heterocycles. The maximum absolute atomic E-state index is 12.7. The number of hydrogen-bond acceptors (Lipinski definition) is 3.